The molecule has 2 unspecified atom stereocenters. The number of hydrogen-bond donors (Lipinski definition) is 2. The number of nitrogens with one attached hydrogen (secondary N) is 1. The van der Waals surface area contributed by atoms with Gasteiger partial charge in [-0.25, -0.2) is 0 Å². The Bertz CT molecular complexity index is 366. The molecule has 2 N–H and O–H groups in total. The van der Waals surface area contributed by atoms with Gasteiger partial charge in [0.05, 0.1) is 11.1 Å². The first-order chi connectivity index (χ1) is 7.68. The van der Waals surface area contributed by atoms with Gasteiger partial charge < -0.3 is 10.4 Å². The third-order valence-electron chi connectivity index (χ3n) is 3.01. The fraction of sp³-hybridized carbons (Fsp3) is 0.500. The Labute approximate surface area is 109 Å². The second kappa shape index (κ2) is 5.50. The van der Waals surface area contributed by atoms with Crippen molar-refractivity contribution in [2.75, 3.05) is 6.54 Å². The minimum atomic E-state index is -0.467. The van der Waals surface area contributed by atoms with Crippen molar-refractivity contribution >= 4 is 27.5 Å². The fourth-order valence-corrected chi connectivity index (χ4v) is 2.51. The Morgan fingerprint density at radius 3 is 2.88 bits per heavy atom. The van der Waals surface area contributed by atoms with Crippen molar-refractivity contribution in [3.05, 3.63) is 33.3 Å². The van der Waals surface area contributed by atoms with Crippen molar-refractivity contribution in [3.8, 4) is 0 Å². The van der Waals surface area contributed by atoms with Crippen LogP contribution in [0.3, 0.4) is 0 Å². The Balaban J connectivity index is 2.12. The van der Waals surface area contributed by atoms with Crippen molar-refractivity contribution in [2.45, 2.75) is 31.4 Å². The van der Waals surface area contributed by atoms with Crippen molar-refractivity contribution in [1.82, 2.24) is 5.32 Å². The molecule has 0 aliphatic carbocycles. The van der Waals surface area contributed by atoms with Crippen LogP contribution in [0.4, 0.5) is 0 Å². The molecule has 4 heteroatoms. The third kappa shape index (κ3) is 2.77. The molecule has 1 fully saturated rings. The van der Waals surface area contributed by atoms with Gasteiger partial charge in [-0.2, -0.15) is 0 Å². The number of aliphatic hydroxyl groups excluding tert-OH is 1. The van der Waals surface area contributed by atoms with Crippen LogP contribution < -0.4 is 5.32 Å². The molecular weight excluding hydrogens is 289 g/mol. The molecule has 2 rings (SSSR count). The van der Waals surface area contributed by atoms with Crippen molar-refractivity contribution in [3.63, 3.8) is 0 Å². The van der Waals surface area contributed by atoms with Gasteiger partial charge in [0.1, 0.15) is 0 Å². The lowest BCUT2D eigenvalue weighted by atomic mass is 9.95. The van der Waals surface area contributed by atoms with Gasteiger partial charge >= 0.3 is 0 Å². The molecule has 88 valence electrons. The van der Waals surface area contributed by atoms with Gasteiger partial charge in [-0.05, 0) is 53.0 Å². The topological polar surface area (TPSA) is 32.3 Å². The van der Waals surface area contributed by atoms with E-state index in [9.17, 15) is 5.11 Å². The summed E-state index contributed by atoms with van der Waals surface area (Å²) in [5.74, 6) is 0. The maximum absolute atomic E-state index is 10.2. The largest absolute Gasteiger partial charge is 0.387 e. The molecule has 16 heavy (non-hydrogen) atoms. The average molecular weight is 305 g/mol. The second-order valence-corrected chi connectivity index (χ2v) is 5.44. The molecule has 0 radical (unpaired) electrons. The lowest BCUT2D eigenvalue weighted by Gasteiger charge is -2.28. The molecule has 1 aliphatic rings. The maximum Gasteiger partial charge on any atom is 0.0943 e. The number of benzene rings is 1. The summed E-state index contributed by atoms with van der Waals surface area (Å²) in [7, 11) is 0. The van der Waals surface area contributed by atoms with E-state index in [0.717, 1.165) is 23.0 Å². The highest BCUT2D eigenvalue weighted by Crippen LogP contribution is 2.29. The smallest absolute Gasteiger partial charge is 0.0943 e. The summed E-state index contributed by atoms with van der Waals surface area (Å²) in [6.45, 7) is 0.992. The molecule has 0 amide bonds. The molecule has 2 nitrogen and oxygen atoms in total. The molecule has 2 atom stereocenters. The van der Waals surface area contributed by atoms with E-state index < -0.39 is 6.10 Å². The van der Waals surface area contributed by atoms with Gasteiger partial charge in [-0.15, -0.1) is 0 Å². The summed E-state index contributed by atoms with van der Waals surface area (Å²) in [5.41, 5.74) is 0.882. The van der Waals surface area contributed by atoms with Gasteiger partial charge in [-0.1, -0.05) is 24.1 Å². The number of piperidine rings is 1. The van der Waals surface area contributed by atoms with Crippen LogP contribution in [0.5, 0.6) is 0 Å². The lowest BCUT2D eigenvalue weighted by molar-refractivity contribution is 0.114. The Morgan fingerprint density at radius 2 is 2.25 bits per heavy atom. The van der Waals surface area contributed by atoms with Crippen LogP contribution in [0, 0.1) is 0 Å². The van der Waals surface area contributed by atoms with E-state index in [4.69, 9.17) is 11.6 Å². The lowest BCUT2D eigenvalue weighted by Crippen LogP contribution is -2.38. The van der Waals surface area contributed by atoms with Crippen LogP contribution in [0.25, 0.3) is 0 Å². The zero-order valence-electron chi connectivity index (χ0n) is 8.92. The molecule has 0 saturated carbocycles. The van der Waals surface area contributed by atoms with E-state index >= 15 is 0 Å². The minimum absolute atomic E-state index is 0.158. The van der Waals surface area contributed by atoms with Gasteiger partial charge in [-0.3, -0.25) is 0 Å². The first-order valence-electron chi connectivity index (χ1n) is 5.55. The van der Waals surface area contributed by atoms with E-state index in [1.54, 1.807) is 0 Å². The first-order valence-corrected chi connectivity index (χ1v) is 6.72. The molecule has 0 aromatic heterocycles. The Morgan fingerprint density at radius 1 is 1.44 bits per heavy atom. The first kappa shape index (κ1) is 12.4. The fourth-order valence-electron chi connectivity index (χ4n) is 2.08. The minimum Gasteiger partial charge on any atom is -0.387 e. The Hall–Kier alpha value is -0.0900. The van der Waals surface area contributed by atoms with Crippen LogP contribution in [-0.2, 0) is 0 Å². The standard InChI is InChI=1S/C12H15BrClNO/c13-9-5-4-8(7-10(9)14)12(16)11-3-1-2-6-15-11/h4-5,7,11-12,15-16H,1-3,6H2. The summed E-state index contributed by atoms with van der Waals surface area (Å²) >= 11 is 9.36. The predicted octanol–water partition coefficient (Wildman–Crippen LogP) is 3.28. The van der Waals surface area contributed by atoms with E-state index in [1.165, 1.54) is 12.8 Å². The van der Waals surface area contributed by atoms with Crippen LogP contribution >= 0.6 is 27.5 Å². The SMILES string of the molecule is OC(c1ccc(Br)c(Cl)c1)C1CCCCN1. The highest BCUT2D eigenvalue weighted by Gasteiger charge is 2.22. The Kier molecular flexibility index (Phi) is 4.25. The number of rotatable bonds is 2. The molecule has 0 bridgehead atoms. The van der Waals surface area contributed by atoms with Crippen LogP contribution in [0.15, 0.2) is 22.7 Å². The number of halogens is 2. The zero-order valence-corrected chi connectivity index (χ0v) is 11.3. The summed E-state index contributed by atoms with van der Waals surface area (Å²) < 4.78 is 0.863. The van der Waals surface area contributed by atoms with E-state index in [2.05, 4.69) is 21.2 Å². The summed E-state index contributed by atoms with van der Waals surface area (Å²) in [6.07, 6.45) is 2.93. The third-order valence-corrected chi connectivity index (χ3v) is 4.25. The maximum atomic E-state index is 10.2. The second-order valence-electron chi connectivity index (χ2n) is 4.17. The average Bonchev–Trinajstić information content (AvgIpc) is 2.33. The van der Waals surface area contributed by atoms with E-state index in [-0.39, 0.29) is 6.04 Å². The highest BCUT2D eigenvalue weighted by atomic mass is 79.9. The predicted molar refractivity (Wildman–Crippen MR) is 69.8 cm³/mol. The number of hydrogen-bond acceptors (Lipinski definition) is 2. The summed E-state index contributed by atoms with van der Waals surface area (Å²) in [4.78, 5) is 0. The van der Waals surface area contributed by atoms with Gasteiger partial charge in [0, 0.05) is 10.5 Å². The number of aliphatic hydroxyl groups is 1. The molecule has 0 spiro atoms. The molecular formula is C12H15BrClNO. The molecule has 1 aliphatic heterocycles. The highest BCUT2D eigenvalue weighted by molar-refractivity contribution is 9.10. The monoisotopic (exact) mass is 303 g/mol. The zero-order chi connectivity index (χ0) is 11.5. The molecule has 1 heterocycles. The van der Waals surface area contributed by atoms with Gasteiger partial charge in [0.2, 0.25) is 0 Å². The van der Waals surface area contributed by atoms with Crippen LogP contribution in [0.1, 0.15) is 30.9 Å². The van der Waals surface area contributed by atoms with Crippen molar-refractivity contribution in [1.29, 1.82) is 0 Å². The van der Waals surface area contributed by atoms with Gasteiger partial charge in [0.15, 0.2) is 0 Å². The normalized spacial score (nSPS) is 23.1. The van der Waals surface area contributed by atoms with Gasteiger partial charge in [0.25, 0.3) is 0 Å². The quantitative estimate of drug-likeness (QED) is 0.879. The summed E-state index contributed by atoms with van der Waals surface area (Å²) in [6, 6.07) is 5.78. The van der Waals surface area contributed by atoms with Crippen LogP contribution in [-0.4, -0.2) is 17.7 Å². The van der Waals surface area contributed by atoms with Crippen molar-refractivity contribution in [2.24, 2.45) is 0 Å². The molecule has 1 aromatic rings. The van der Waals surface area contributed by atoms with Crippen LogP contribution in [0.2, 0.25) is 5.02 Å². The van der Waals surface area contributed by atoms with E-state index in [1.807, 2.05) is 18.2 Å². The molecule has 1 saturated heterocycles. The van der Waals surface area contributed by atoms with Crippen molar-refractivity contribution < 1.29 is 5.11 Å². The molecule has 1 aromatic carbocycles. The summed E-state index contributed by atoms with van der Waals surface area (Å²) in [5, 5.41) is 14.2. The van der Waals surface area contributed by atoms with E-state index in [0.29, 0.717) is 5.02 Å².